The minimum Gasteiger partial charge on any atom is -0.756 e. The Labute approximate surface area is 419 Å². The number of unbranched alkanes of at least 4 members (excludes halogenated alkanes) is 27. The minimum absolute atomic E-state index is 0.0326. The topological polar surface area (TPSA) is 111 Å². The summed E-state index contributed by atoms with van der Waals surface area (Å²) in [5.41, 5.74) is 0. The molecule has 0 aliphatic rings. The second-order valence-corrected chi connectivity index (χ2v) is 21.3. The molecule has 0 heterocycles. The van der Waals surface area contributed by atoms with Gasteiger partial charge in [0.05, 0.1) is 27.7 Å². The van der Waals surface area contributed by atoms with Crippen LogP contribution in [0.5, 0.6) is 0 Å². The molecule has 0 aromatic heterocycles. The molecule has 0 amide bonds. The fraction of sp³-hybridized carbons (Fsp3) is 0.793. The number of ether oxygens (including phenoxy) is 2. The van der Waals surface area contributed by atoms with Crippen LogP contribution in [0.4, 0.5) is 0 Å². The van der Waals surface area contributed by atoms with Crippen LogP contribution < -0.4 is 4.89 Å². The maximum atomic E-state index is 12.8. The summed E-state index contributed by atoms with van der Waals surface area (Å²) < 4.78 is 34.1. The predicted octanol–water partition coefficient (Wildman–Crippen LogP) is 16.5. The van der Waals surface area contributed by atoms with Gasteiger partial charge in [-0.05, 0) is 77.0 Å². The highest BCUT2D eigenvalue weighted by Crippen LogP contribution is 2.38. The molecule has 0 bridgehead atoms. The van der Waals surface area contributed by atoms with E-state index in [9.17, 15) is 19.0 Å². The van der Waals surface area contributed by atoms with Crippen molar-refractivity contribution < 1.29 is 42.1 Å². The van der Waals surface area contributed by atoms with Crippen LogP contribution in [-0.4, -0.2) is 70.0 Å². The van der Waals surface area contributed by atoms with Gasteiger partial charge in [-0.15, -0.1) is 0 Å². The third-order valence-corrected chi connectivity index (χ3v) is 13.0. The average molecular weight is 976 g/mol. The second kappa shape index (κ2) is 49.7. The summed E-state index contributed by atoms with van der Waals surface area (Å²) >= 11 is 0. The Bertz CT molecular complexity index is 1340. The number of hydrogen-bond acceptors (Lipinski definition) is 8. The smallest absolute Gasteiger partial charge is 0.306 e. The van der Waals surface area contributed by atoms with Gasteiger partial charge in [-0.25, -0.2) is 0 Å². The molecular weight excluding hydrogens is 870 g/mol. The molecule has 0 aromatic rings. The van der Waals surface area contributed by atoms with Gasteiger partial charge in [0.25, 0.3) is 7.82 Å². The predicted molar refractivity (Wildman–Crippen MR) is 287 cm³/mol. The number of esters is 2. The van der Waals surface area contributed by atoms with Crippen molar-refractivity contribution in [1.82, 2.24) is 0 Å². The molecule has 10 heteroatoms. The van der Waals surface area contributed by atoms with Crippen LogP contribution >= 0.6 is 7.82 Å². The van der Waals surface area contributed by atoms with Crippen molar-refractivity contribution in [2.75, 3.05) is 47.5 Å². The maximum absolute atomic E-state index is 12.8. The van der Waals surface area contributed by atoms with Crippen LogP contribution in [0.1, 0.15) is 245 Å². The van der Waals surface area contributed by atoms with Gasteiger partial charge >= 0.3 is 11.9 Å². The Kier molecular flexibility index (Phi) is 48.0. The summed E-state index contributed by atoms with van der Waals surface area (Å²) in [6.45, 7) is 4.14. The third-order valence-electron chi connectivity index (χ3n) is 12.0. The lowest BCUT2D eigenvalue weighted by molar-refractivity contribution is -0.870. The zero-order chi connectivity index (χ0) is 49.9. The number of carbonyl (C=O) groups excluding carboxylic acids is 2. The van der Waals surface area contributed by atoms with Gasteiger partial charge in [-0.2, -0.15) is 0 Å². The lowest BCUT2D eigenvalue weighted by Crippen LogP contribution is -2.37. The molecular formula is C58H106NO8P. The van der Waals surface area contributed by atoms with E-state index in [1.165, 1.54) is 148 Å². The van der Waals surface area contributed by atoms with E-state index in [4.69, 9.17) is 18.5 Å². The van der Waals surface area contributed by atoms with Gasteiger partial charge in [-0.3, -0.25) is 14.2 Å². The van der Waals surface area contributed by atoms with Crippen molar-refractivity contribution >= 4 is 19.8 Å². The first kappa shape index (κ1) is 65.7. The van der Waals surface area contributed by atoms with Gasteiger partial charge in [0.15, 0.2) is 6.10 Å². The molecule has 0 N–H and O–H groups in total. The Balaban J connectivity index is 4.18. The van der Waals surface area contributed by atoms with E-state index in [-0.39, 0.29) is 32.0 Å². The Morgan fingerprint density at radius 2 is 0.838 bits per heavy atom. The average Bonchev–Trinajstić information content (AvgIpc) is 3.30. The molecule has 9 nitrogen and oxygen atoms in total. The molecule has 0 saturated heterocycles. The Morgan fingerprint density at radius 1 is 0.471 bits per heavy atom. The van der Waals surface area contributed by atoms with Crippen LogP contribution in [-0.2, 0) is 32.7 Å². The number of quaternary nitrogens is 1. The van der Waals surface area contributed by atoms with E-state index in [0.717, 1.165) is 64.2 Å². The van der Waals surface area contributed by atoms with Gasteiger partial charge in [0.2, 0.25) is 0 Å². The van der Waals surface area contributed by atoms with Crippen molar-refractivity contribution in [2.45, 2.75) is 251 Å². The molecule has 0 fully saturated rings. The van der Waals surface area contributed by atoms with E-state index >= 15 is 0 Å². The van der Waals surface area contributed by atoms with Crippen LogP contribution in [0.3, 0.4) is 0 Å². The molecule has 2 atom stereocenters. The minimum atomic E-state index is -4.64. The lowest BCUT2D eigenvalue weighted by Gasteiger charge is -2.28. The number of phosphoric ester groups is 1. The first-order valence-electron chi connectivity index (χ1n) is 28.0. The van der Waals surface area contributed by atoms with Crippen molar-refractivity contribution in [3.8, 4) is 0 Å². The third kappa shape index (κ3) is 53.1. The molecule has 0 spiro atoms. The van der Waals surface area contributed by atoms with Gasteiger partial charge in [-0.1, -0.05) is 216 Å². The summed E-state index contributed by atoms with van der Waals surface area (Å²) in [5, 5.41) is 0. The SMILES string of the molecule is CC/C=C\C/C=C\C/C=C\C/C=C\CCCCCCCCCCCCCCC(=O)OC(COC(=O)CCCCCCCCCCC/C=C\CCCCCCCC)COP(=O)([O-])OCC[N+](C)(C)C. The van der Waals surface area contributed by atoms with Crippen molar-refractivity contribution in [3.63, 3.8) is 0 Å². The molecule has 0 aliphatic carbocycles. The number of nitrogens with zero attached hydrogens (tertiary/aromatic N) is 1. The maximum Gasteiger partial charge on any atom is 0.306 e. The molecule has 0 aliphatic heterocycles. The monoisotopic (exact) mass is 976 g/mol. The summed E-state index contributed by atoms with van der Waals surface area (Å²) in [4.78, 5) is 37.8. The van der Waals surface area contributed by atoms with Gasteiger partial charge in [0, 0.05) is 12.8 Å². The summed E-state index contributed by atoms with van der Waals surface area (Å²) in [5.74, 6) is -0.833. The highest BCUT2D eigenvalue weighted by Gasteiger charge is 2.21. The molecule has 0 rings (SSSR count). The Hall–Kier alpha value is -2.29. The van der Waals surface area contributed by atoms with Crippen LogP contribution in [0.15, 0.2) is 60.8 Å². The summed E-state index contributed by atoms with van der Waals surface area (Å²) in [6, 6.07) is 0. The number of carbonyl (C=O) groups is 2. The highest BCUT2D eigenvalue weighted by molar-refractivity contribution is 7.45. The molecule has 0 saturated carbocycles. The quantitative estimate of drug-likeness (QED) is 0.0195. The lowest BCUT2D eigenvalue weighted by atomic mass is 10.0. The van der Waals surface area contributed by atoms with Crippen molar-refractivity contribution in [2.24, 2.45) is 0 Å². The molecule has 2 unspecified atom stereocenters. The van der Waals surface area contributed by atoms with E-state index in [0.29, 0.717) is 17.4 Å². The van der Waals surface area contributed by atoms with Gasteiger partial charge < -0.3 is 27.9 Å². The number of allylic oxidation sites excluding steroid dienone is 10. The van der Waals surface area contributed by atoms with Gasteiger partial charge in [0.1, 0.15) is 19.8 Å². The molecule has 0 radical (unpaired) electrons. The zero-order valence-electron chi connectivity index (χ0n) is 44.8. The highest BCUT2D eigenvalue weighted by atomic mass is 31.2. The zero-order valence-corrected chi connectivity index (χ0v) is 45.7. The van der Waals surface area contributed by atoms with Crippen LogP contribution in [0, 0.1) is 0 Å². The van der Waals surface area contributed by atoms with E-state index < -0.39 is 26.5 Å². The fourth-order valence-electron chi connectivity index (χ4n) is 7.70. The first-order valence-corrected chi connectivity index (χ1v) is 29.5. The first-order chi connectivity index (χ1) is 33.0. The number of rotatable bonds is 51. The standard InChI is InChI=1S/C58H106NO8P/c1-6-8-10-12-14-16-18-20-22-24-26-27-28-29-30-31-33-35-37-39-41-43-45-47-49-51-58(61)67-56(55-66-68(62,63)65-53-52-59(3,4)5)54-64-57(60)50-48-46-44-42-40-38-36-34-32-25-23-21-19-17-15-13-11-9-7-2/h8,10,14,16,20-23,26-27,56H,6-7,9,11-13,15,17-19,24-25,28-55H2,1-5H3/b10-8-,16-14-,22-20-,23-21-,27-26-. The summed E-state index contributed by atoms with van der Waals surface area (Å²) in [6.07, 6.45) is 62.5. The molecule has 0 aromatic carbocycles. The largest absolute Gasteiger partial charge is 0.756 e. The van der Waals surface area contributed by atoms with E-state index in [2.05, 4.69) is 74.6 Å². The number of phosphoric acid groups is 1. The summed E-state index contributed by atoms with van der Waals surface area (Å²) in [7, 11) is 1.16. The van der Waals surface area contributed by atoms with Crippen LogP contribution in [0.25, 0.3) is 0 Å². The molecule has 68 heavy (non-hydrogen) atoms. The normalized spacial score (nSPS) is 13.8. The van der Waals surface area contributed by atoms with E-state index in [1.54, 1.807) is 0 Å². The molecule has 396 valence electrons. The van der Waals surface area contributed by atoms with E-state index in [1.807, 2.05) is 21.1 Å². The fourth-order valence-corrected chi connectivity index (χ4v) is 8.43. The number of likely N-dealkylation sites (N-methyl/N-ethyl adjacent to an activating group) is 1. The number of hydrogen-bond donors (Lipinski definition) is 0. The van der Waals surface area contributed by atoms with Crippen molar-refractivity contribution in [3.05, 3.63) is 60.8 Å². The van der Waals surface area contributed by atoms with Crippen LogP contribution in [0.2, 0.25) is 0 Å². The Morgan fingerprint density at radius 3 is 1.26 bits per heavy atom. The van der Waals surface area contributed by atoms with Crippen molar-refractivity contribution in [1.29, 1.82) is 0 Å². The second-order valence-electron chi connectivity index (χ2n) is 19.9.